The lowest BCUT2D eigenvalue weighted by Crippen LogP contribution is -2.67. The average molecular weight is 182 g/mol. The van der Waals surface area contributed by atoms with Crippen molar-refractivity contribution in [3.05, 3.63) is 0 Å². The lowest BCUT2D eigenvalue weighted by molar-refractivity contribution is -0.120. The number of nitrogens with one attached hydrogen (secondary N) is 1. The first-order valence-electron chi connectivity index (χ1n) is 5.13. The van der Waals surface area contributed by atoms with E-state index >= 15 is 0 Å². The van der Waals surface area contributed by atoms with E-state index in [1.165, 1.54) is 0 Å². The molecule has 2 rings (SSSR count). The smallest absolute Gasteiger partial charge is 0.220 e. The first-order chi connectivity index (χ1) is 6.10. The summed E-state index contributed by atoms with van der Waals surface area (Å²) in [6, 6.07) is 0. The third-order valence-corrected chi connectivity index (χ3v) is 2.91. The minimum atomic E-state index is 0.173. The van der Waals surface area contributed by atoms with Gasteiger partial charge in [-0.15, -0.1) is 0 Å². The minimum absolute atomic E-state index is 0.173. The average Bonchev–Trinajstić information content (AvgIpc) is 2.29. The van der Waals surface area contributed by atoms with Crippen LogP contribution in [0.2, 0.25) is 0 Å². The third kappa shape index (κ3) is 1.70. The highest BCUT2D eigenvalue weighted by molar-refractivity contribution is 5.79. The molecule has 3 heteroatoms. The van der Waals surface area contributed by atoms with Crippen LogP contribution < -0.4 is 5.32 Å². The Kier molecular flexibility index (Phi) is 2.06. The summed E-state index contributed by atoms with van der Waals surface area (Å²) in [4.78, 5) is 13.5. The third-order valence-electron chi connectivity index (χ3n) is 2.91. The van der Waals surface area contributed by atoms with Crippen molar-refractivity contribution in [1.82, 2.24) is 10.2 Å². The first kappa shape index (κ1) is 9.00. The van der Waals surface area contributed by atoms with Crippen LogP contribution in [0, 0.1) is 5.92 Å². The second-order valence-corrected chi connectivity index (χ2v) is 4.89. The van der Waals surface area contributed by atoms with Gasteiger partial charge in [0, 0.05) is 26.1 Å². The molecule has 2 fully saturated rings. The van der Waals surface area contributed by atoms with E-state index in [4.69, 9.17) is 0 Å². The largest absolute Gasteiger partial charge is 0.348 e. The summed E-state index contributed by atoms with van der Waals surface area (Å²) in [6.07, 6.45) is 1.77. The molecule has 2 aliphatic heterocycles. The number of hydrogen-bond donors (Lipinski definition) is 1. The summed E-state index contributed by atoms with van der Waals surface area (Å²) in [5, 5.41) is 3.09. The quantitative estimate of drug-likeness (QED) is 0.678. The molecule has 2 heterocycles. The maximum absolute atomic E-state index is 11.1. The molecule has 0 bridgehead atoms. The van der Waals surface area contributed by atoms with Crippen LogP contribution in [0.25, 0.3) is 0 Å². The van der Waals surface area contributed by atoms with E-state index in [9.17, 15) is 4.79 Å². The van der Waals surface area contributed by atoms with Crippen LogP contribution in [0.1, 0.15) is 26.7 Å². The van der Waals surface area contributed by atoms with E-state index in [-0.39, 0.29) is 11.4 Å². The topological polar surface area (TPSA) is 32.3 Å². The lowest BCUT2D eigenvalue weighted by Gasteiger charge is -2.48. The van der Waals surface area contributed by atoms with Crippen LogP contribution in [0.4, 0.5) is 0 Å². The Labute approximate surface area is 79.5 Å². The van der Waals surface area contributed by atoms with E-state index in [1.807, 2.05) is 0 Å². The maximum atomic E-state index is 11.1. The van der Waals surface area contributed by atoms with Crippen LogP contribution in [-0.4, -0.2) is 36.0 Å². The number of carbonyl (C=O) groups excluding carboxylic acids is 1. The first-order valence-corrected chi connectivity index (χ1v) is 5.13. The van der Waals surface area contributed by atoms with Crippen LogP contribution in [0.15, 0.2) is 0 Å². The van der Waals surface area contributed by atoms with Crippen molar-refractivity contribution in [1.29, 1.82) is 0 Å². The van der Waals surface area contributed by atoms with Crippen molar-refractivity contribution < 1.29 is 4.79 Å². The van der Waals surface area contributed by atoms with Crippen LogP contribution in [0.5, 0.6) is 0 Å². The van der Waals surface area contributed by atoms with Crippen LogP contribution in [-0.2, 0) is 4.79 Å². The predicted molar refractivity (Wildman–Crippen MR) is 51.4 cm³/mol. The van der Waals surface area contributed by atoms with E-state index in [2.05, 4.69) is 24.1 Å². The Balaban J connectivity index is 1.80. The Morgan fingerprint density at radius 1 is 1.54 bits per heavy atom. The molecule has 74 valence electrons. The fraction of sp³-hybridized carbons (Fsp3) is 0.900. The van der Waals surface area contributed by atoms with Crippen molar-refractivity contribution in [3.8, 4) is 0 Å². The lowest BCUT2D eigenvalue weighted by atomic mass is 9.87. The van der Waals surface area contributed by atoms with Gasteiger partial charge in [-0.05, 0) is 12.3 Å². The molecule has 0 aromatic heterocycles. The van der Waals surface area contributed by atoms with Gasteiger partial charge < -0.3 is 5.32 Å². The zero-order chi connectivity index (χ0) is 9.47. The fourth-order valence-electron chi connectivity index (χ4n) is 2.47. The van der Waals surface area contributed by atoms with Crippen molar-refractivity contribution in [2.45, 2.75) is 32.2 Å². The Bertz CT molecular complexity index is 219. The molecule has 0 aromatic carbocycles. The van der Waals surface area contributed by atoms with Gasteiger partial charge in [-0.1, -0.05) is 13.8 Å². The van der Waals surface area contributed by atoms with Gasteiger partial charge in [0.05, 0.1) is 5.54 Å². The summed E-state index contributed by atoms with van der Waals surface area (Å²) in [6.45, 7) is 7.77. The Hall–Kier alpha value is -0.570. The number of carbonyl (C=O) groups is 1. The second kappa shape index (κ2) is 2.98. The van der Waals surface area contributed by atoms with E-state index in [0.717, 1.165) is 38.4 Å². The van der Waals surface area contributed by atoms with Crippen LogP contribution >= 0.6 is 0 Å². The molecule has 3 nitrogen and oxygen atoms in total. The standard InChI is InChI=1S/C10H18N2O/c1-8(2)5-12-6-10(7-12)4-3-9(13)11-10/h8H,3-7H2,1-2H3,(H,11,13). The zero-order valence-corrected chi connectivity index (χ0v) is 8.47. The van der Waals surface area contributed by atoms with Gasteiger partial charge in [-0.2, -0.15) is 0 Å². The second-order valence-electron chi connectivity index (χ2n) is 4.89. The van der Waals surface area contributed by atoms with E-state index in [0.29, 0.717) is 0 Å². The van der Waals surface area contributed by atoms with Gasteiger partial charge >= 0.3 is 0 Å². The summed E-state index contributed by atoms with van der Waals surface area (Å²) in [5.41, 5.74) is 0.173. The highest BCUT2D eigenvalue weighted by atomic mass is 16.2. The summed E-state index contributed by atoms with van der Waals surface area (Å²) in [5.74, 6) is 0.971. The summed E-state index contributed by atoms with van der Waals surface area (Å²) < 4.78 is 0. The molecule has 13 heavy (non-hydrogen) atoms. The van der Waals surface area contributed by atoms with Gasteiger partial charge in [0.2, 0.25) is 5.91 Å². The molecule has 0 aromatic rings. The van der Waals surface area contributed by atoms with Gasteiger partial charge in [0.15, 0.2) is 0 Å². The summed E-state index contributed by atoms with van der Waals surface area (Å²) >= 11 is 0. The Morgan fingerprint density at radius 2 is 2.23 bits per heavy atom. The minimum Gasteiger partial charge on any atom is -0.348 e. The number of rotatable bonds is 2. The SMILES string of the molecule is CC(C)CN1CC2(CCC(=O)N2)C1. The number of amides is 1. The number of hydrogen-bond acceptors (Lipinski definition) is 2. The molecule has 0 radical (unpaired) electrons. The normalized spacial score (nSPS) is 26.5. The highest BCUT2D eigenvalue weighted by Gasteiger charge is 2.47. The van der Waals surface area contributed by atoms with Gasteiger partial charge in [0.25, 0.3) is 0 Å². The molecule has 1 amide bonds. The van der Waals surface area contributed by atoms with E-state index < -0.39 is 0 Å². The van der Waals surface area contributed by atoms with Gasteiger partial charge in [-0.25, -0.2) is 0 Å². The van der Waals surface area contributed by atoms with Gasteiger partial charge in [0.1, 0.15) is 0 Å². The predicted octanol–water partition coefficient (Wildman–Crippen LogP) is 0.607. The number of nitrogens with zero attached hydrogens (tertiary/aromatic N) is 1. The highest BCUT2D eigenvalue weighted by Crippen LogP contribution is 2.30. The summed E-state index contributed by atoms with van der Waals surface area (Å²) in [7, 11) is 0. The monoisotopic (exact) mass is 182 g/mol. The molecule has 2 aliphatic rings. The molecule has 0 unspecified atom stereocenters. The molecule has 0 atom stereocenters. The van der Waals surface area contributed by atoms with Crippen molar-refractivity contribution >= 4 is 5.91 Å². The van der Waals surface area contributed by atoms with Gasteiger partial charge in [-0.3, -0.25) is 9.69 Å². The zero-order valence-electron chi connectivity index (χ0n) is 8.47. The Morgan fingerprint density at radius 3 is 2.69 bits per heavy atom. The molecule has 2 saturated heterocycles. The van der Waals surface area contributed by atoms with Crippen molar-refractivity contribution in [2.24, 2.45) is 5.92 Å². The van der Waals surface area contributed by atoms with Crippen molar-refractivity contribution in [3.63, 3.8) is 0 Å². The molecular weight excluding hydrogens is 164 g/mol. The number of likely N-dealkylation sites (tertiary alicyclic amines) is 1. The molecule has 0 saturated carbocycles. The van der Waals surface area contributed by atoms with Crippen LogP contribution in [0.3, 0.4) is 0 Å². The van der Waals surface area contributed by atoms with E-state index in [1.54, 1.807) is 0 Å². The molecule has 0 aliphatic carbocycles. The fourth-order valence-corrected chi connectivity index (χ4v) is 2.47. The van der Waals surface area contributed by atoms with Crippen molar-refractivity contribution in [2.75, 3.05) is 19.6 Å². The molecule has 1 spiro atoms. The molecular formula is C10H18N2O. The maximum Gasteiger partial charge on any atom is 0.220 e. The molecule has 1 N–H and O–H groups in total.